The molecule has 1 heterocycles. The summed E-state index contributed by atoms with van der Waals surface area (Å²) in [6.07, 6.45) is 1.22. The normalized spacial score (nSPS) is 25.6. The Morgan fingerprint density at radius 2 is 1.95 bits per heavy atom. The number of nitrogens with zero attached hydrogens (tertiary/aromatic N) is 1. The third-order valence-corrected chi connectivity index (χ3v) is 4.48. The molecule has 0 saturated carbocycles. The molecule has 1 aliphatic heterocycles. The van der Waals surface area contributed by atoms with E-state index in [2.05, 4.69) is 57.3 Å². The van der Waals surface area contributed by atoms with Crippen molar-refractivity contribution in [3.8, 4) is 0 Å². The standard InChI is InChI=1S/C16H24N2S/c1-11(2)15-7-5-14(6-8-15)10-17-16-18-12(3)9-13(4)19-16/h5-8,11-13H,9-10H2,1-4H3,(H,17,18). The van der Waals surface area contributed by atoms with Gasteiger partial charge in [0.25, 0.3) is 0 Å². The Bertz CT molecular complexity index is 425. The molecule has 1 N–H and O–H groups in total. The molecule has 0 aromatic heterocycles. The molecule has 2 unspecified atom stereocenters. The Morgan fingerprint density at radius 1 is 1.26 bits per heavy atom. The maximum atomic E-state index is 4.70. The van der Waals surface area contributed by atoms with E-state index in [4.69, 9.17) is 4.99 Å². The van der Waals surface area contributed by atoms with Gasteiger partial charge in [-0.2, -0.15) is 0 Å². The van der Waals surface area contributed by atoms with Crippen molar-refractivity contribution < 1.29 is 0 Å². The zero-order valence-corrected chi connectivity index (χ0v) is 13.1. The number of amidine groups is 1. The predicted octanol–water partition coefficient (Wildman–Crippen LogP) is 4.17. The lowest BCUT2D eigenvalue weighted by Crippen LogP contribution is -2.38. The molecule has 3 heteroatoms. The number of benzene rings is 1. The first-order chi connectivity index (χ1) is 9.04. The minimum absolute atomic E-state index is 0.540. The maximum Gasteiger partial charge on any atom is 0.157 e. The molecular formula is C16H24N2S. The van der Waals surface area contributed by atoms with Crippen LogP contribution in [0.3, 0.4) is 0 Å². The molecule has 2 atom stereocenters. The van der Waals surface area contributed by atoms with Crippen LogP contribution in [0.2, 0.25) is 0 Å². The van der Waals surface area contributed by atoms with E-state index in [0.717, 1.165) is 11.7 Å². The van der Waals surface area contributed by atoms with E-state index in [1.165, 1.54) is 17.5 Å². The molecule has 2 rings (SSSR count). The summed E-state index contributed by atoms with van der Waals surface area (Å²) in [6, 6.07) is 9.36. The van der Waals surface area contributed by atoms with Crippen LogP contribution in [0.1, 0.15) is 51.2 Å². The third kappa shape index (κ3) is 4.27. The molecular weight excluding hydrogens is 252 g/mol. The highest BCUT2D eigenvalue weighted by molar-refractivity contribution is 8.14. The highest BCUT2D eigenvalue weighted by Gasteiger charge is 2.19. The first-order valence-electron chi connectivity index (χ1n) is 7.11. The van der Waals surface area contributed by atoms with Gasteiger partial charge >= 0.3 is 0 Å². The number of rotatable bonds is 3. The van der Waals surface area contributed by atoms with Crippen LogP contribution in [-0.4, -0.2) is 16.5 Å². The molecule has 1 aromatic carbocycles. The quantitative estimate of drug-likeness (QED) is 0.896. The number of thioether (sulfide) groups is 1. The molecule has 19 heavy (non-hydrogen) atoms. The fourth-order valence-electron chi connectivity index (χ4n) is 2.29. The Hall–Kier alpha value is -0.960. The van der Waals surface area contributed by atoms with Gasteiger partial charge in [0, 0.05) is 11.3 Å². The van der Waals surface area contributed by atoms with E-state index in [9.17, 15) is 0 Å². The smallest absolute Gasteiger partial charge is 0.157 e. The summed E-state index contributed by atoms with van der Waals surface area (Å²) in [5.41, 5.74) is 2.67. The molecule has 0 aliphatic carbocycles. The van der Waals surface area contributed by atoms with Crippen LogP contribution in [0.15, 0.2) is 29.3 Å². The molecule has 1 aromatic rings. The van der Waals surface area contributed by atoms with Gasteiger partial charge in [0.05, 0.1) is 6.54 Å². The third-order valence-electron chi connectivity index (χ3n) is 3.42. The Balaban J connectivity index is 1.97. The molecule has 0 amide bonds. The highest BCUT2D eigenvalue weighted by Crippen LogP contribution is 2.22. The lowest BCUT2D eigenvalue weighted by molar-refractivity contribution is 0.597. The summed E-state index contributed by atoms with van der Waals surface area (Å²) in [5.74, 6) is 0.595. The van der Waals surface area contributed by atoms with Crippen molar-refractivity contribution in [2.24, 2.45) is 4.99 Å². The monoisotopic (exact) mass is 276 g/mol. The molecule has 104 valence electrons. The van der Waals surface area contributed by atoms with Gasteiger partial charge in [-0.1, -0.05) is 56.8 Å². The second kappa shape index (κ2) is 6.47. The van der Waals surface area contributed by atoms with Crippen LogP contribution in [0, 0.1) is 0 Å². The van der Waals surface area contributed by atoms with Crippen LogP contribution in [-0.2, 0) is 6.54 Å². The average molecular weight is 276 g/mol. The van der Waals surface area contributed by atoms with E-state index in [0.29, 0.717) is 17.2 Å². The average Bonchev–Trinajstić information content (AvgIpc) is 2.36. The lowest BCUT2D eigenvalue weighted by atomic mass is 10.0. The van der Waals surface area contributed by atoms with Crippen LogP contribution in [0.5, 0.6) is 0 Å². The molecule has 1 aliphatic rings. The molecule has 0 spiro atoms. The molecule has 1 fully saturated rings. The minimum Gasteiger partial charge on any atom is -0.362 e. The Morgan fingerprint density at radius 3 is 2.53 bits per heavy atom. The van der Waals surface area contributed by atoms with Crippen molar-refractivity contribution in [3.05, 3.63) is 35.4 Å². The second-order valence-corrected chi connectivity index (χ2v) is 7.15. The van der Waals surface area contributed by atoms with E-state index >= 15 is 0 Å². The number of aliphatic imine (C=N–C) groups is 1. The SMILES string of the molecule is CC1CC(C)SC(=NCc2ccc(C(C)C)cc2)N1. The Kier molecular flexibility index (Phi) is 4.92. The van der Waals surface area contributed by atoms with Gasteiger partial charge in [-0.25, -0.2) is 0 Å². The van der Waals surface area contributed by atoms with Gasteiger partial charge in [-0.15, -0.1) is 0 Å². The van der Waals surface area contributed by atoms with E-state index in [1.54, 1.807) is 0 Å². The number of hydrogen-bond donors (Lipinski definition) is 1. The van der Waals surface area contributed by atoms with E-state index in [1.807, 2.05) is 11.8 Å². The zero-order chi connectivity index (χ0) is 13.8. The van der Waals surface area contributed by atoms with Crippen molar-refractivity contribution in [2.45, 2.75) is 57.9 Å². The van der Waals surface area contributed by atoms with Gasteiger partial charge in [0.1, 0.15) is 0 Å². The largest absolute Gasteiger partial charge is 0.362 e. The van der Waals surface area contributed by atoms with Crippen molar-refractivity contribution in [1.82, 2.24) is 5.32 Å². The van der Waals surface area contributed by atoms with Crippen LogP contribution >= 0.6 is 11.8 Å². The minimum atomic E-state index is 0.540. The molecule has 1 saturated heterocycles. The van der Waals surface area contributed by atoms with Crippen molar-refractivity contribution in [2.75, 3.05) is 0 Å². The number of hydrogen-bond acceptors (Lipinski definition) is 2. The van der Waals surface area contributed by atoms with E-state index in [-0.39, 0.29) is 0 Å². The van der Waals surface area contributed by atoms with Gasteiger partial charge in [0.2, 0.25) is 0 Å². The Labute approximate surface area is 121 Å². The molecule has 0 radical (unpaired) electrons. The summed E-state index contributed by atoms with van der Waals surface area (Å²) in [7, 11) is 0. The summed E-state index contributed by atoms with van der Waals surface area (Å²) in [4.78, 5) is 4.70. The van der Waals surface area contributed by atoms with Crippen molar-refractivity contribution in [1.29, 1.82) is 0 Å². The van der Waals surface area contributed by atoms with Crippen LogP contribution in [0.25, 0.3) is 0 Å². The summed E-state index contributed by atoms with van der Waals surface area (Å²) in [5, 5.41) is 5.22. The van der Waals surface area contributed by atoms with E-state index < -0.39 is 0 Å². The zero-order valence-electron chi connectivity index (χ0n) is 12.3. The second-order valence-electron chi connectivity index (χ2n) is 5.73. The van der Waals surface area contributed by atoms with Crippen LogP contribution in [0.4, 0.5) is 0 Å². The van der Waals surface area contributed by atoms with Crippen LogP contribution < -0.4 is 5.32 Å². The van der Waals surface area contributed by atoms with Gasteiger partial charge in [-0.05, 0) is 30.4 Å². The molecule has 0 bridgehead atoms. The van der Waals surface area contributed by atoms with Gasteiger partial charge < -0.3 is 5.32 Å². The fraction of sp³-hybridized carbons (Fsp3) is 0.562. The maximum absolute atomic E-state index is 4.70. The summed E-state index contributed by atoms with van der Waals surface area (Å²) < 4.78 is 0. The van der Waals surface area contributed by atoms with Crippen molar-refractivity contribution >= 4 is 16.9 Å². The summed E-state index contributed by atoms with van der Waals surface area (Å²) >= 11 is 1.86. The summed E-state index contributed by atoms with van der Waals surface area (Å²) in [6.45, 7) is 9.71. The lowest BCUT2D eigenvalue weighted by Gasteiger charge is -2.26. The topological polar surface area (TPSA) is 24.4 Å². The predicted molar refractivity (Wildman–Crippen MR) is 85.9 cm³/mol. The van der Waals surface area contributed by atoms with Crippen molar-refractivity contribution in [3.63, 3.8) is 0 Å². The number of nitrogens with one attached hydrogen (secondary N) is 1. The molecule has 2 nitrogen and oxygen atoms in total. The first-order valence-corrected chi connectivity index (χ1v) is 7.99. The first kappa shape index (κ1) is 14.4. The fourth-order valence-corrected chi connectivity index (χ4v) is 3.47. The van der Waals surface area contributed by atoms with Gasteiger partial charge in [0.15, 0.2) is 5.17 Å². The van der Waals surface area contributed by atoms with Gasteiger partial charge in [-0.3, -0.25) is 4.99 Å². The highest BCUT2D eigenvalue weighted by atomic mass is 32.2.